The Morgan fingerprint density at radius 3 is 2.68 bits per heavy atom. The molecule has 22 heavy (non-hydrogen) atoms. The fourth-order valence-corrected chi connectivity index (χ4v) is 3.82. The maximum atomic E-state index is 11.5. The summed E-state index contributed by atoms with van der Waals surface area (Å²) in [6.07, 6.45) is 6.61. The second-order valence-corrected chi connectivity index (χ2v) is 6.25. The lowest BCUT2D eigenvalue weighted by Gasteiger charge is -2.26. The third-order valence-electron chi connectivity index (χ3n) is 4.88. The molecule has 3 rings (SSSR count). The molecule has 0 radical (unpaired) electrons. The Morgan fingerprint density at radius 2 is 2.05 bits per heavy atom. The zero-order valence-electron chi connectivity index (χ0n) is 13.4. The number of amides is 1. The van der Waals surface area contributed by atoms with Crippen LogP contribution in [-0.2, 0) is 11.2 Å². The maximum absolute atomic E-state index is 11.5. The van der Waals surface area contributed by atoms with Crippen LogP contribution in [0.1, 0.15) is 49.4 Å². The Bertz CT molecular complexity index is 697. The zero-order valence-corrected chi connectivity index (χ0v) is 13.4. The molecule has 0 saturated heterocycles. The number of fused-ring (bicyclic) bond motifs is 1. The number of benzene rings is 1. The molecule has 2 aromatic rings. The van der Waals surface area contributed by atoms with Gasteiger partial charge in [-0.05, 0) is 43.5 Å². The number of carbonyl (C=O) groups excluding carboxylic acids is 1. The average molecular weight is 300 g/mol. The largest absolute Gasteiger partial charge is 0.497 e. The molecule has 0 unspecified atom stereocenters. The quantitative estimate of drug-likeness (QED) is 0.939. The lowest BCUT2D eigenvalue weighted by atomic mass is 9.95. The van der Waals surface area contributed by atoms with Crippen LogP contribution >= 0.6 is 0 Å². The van der Waals surface area contributed by atoms with Gasteiger partial charge in [-0.15, -0.1) is 0 Å². The fraction of sp³-hybridized carbons (Fsp3) is 0.500. The van der Waals surface area contributed by atoms with E-state index in [1.54, 1.807) is 7.11 Å². The Morgan fingerprint density at radius 1 is 1.32 bits per heavy atom. The van der Waals surface area contributed by atoms with Crippen LogP contribution < -0.4 is 10.5 Å². The summed E-state index contributed by atoms with van der Waals surface area (Å²) in [7, 11) is 1.67. The number of primary amides is 1. The fourth-order valence-electron chi connectivity index (χ4n) is 3.82. The standard InChI is InChI=1S/C18H24N2O2/c1-12-15(11-18(19)21)16-10-14(22-2)8-9-17(16)20(12)13-6-4-3-5-7-13/h8-10,13H,3-7,11H2,1-2H3,(H2,19,21). The second-order valence-electron chi connectivity index (χ2n) is 6.25. The predicted molar refractivity (Wildman–Crippen MR) is 88.2 cm³/mol. The first-order valence-electron chi connectivity index (χ1n) is 8.07. The number of aromatic nitrogens is 1. The summed E-state index contributed by atoms with van der Waals surface area (Å²) in [5.74, 6) is 0.535. The zero-order chi connectivity index (χ0) is 15.7. The Labute approximate surface area is 131 Å². The molecule has 1 fully saturated rings. The van der Waals surface area contributed by atoms with Gasteiger partial charge in [-0.2, -0.15) is 0 Å². The van der Waals surface area contributed by atoms with E-state index in [1.807, 2.05) is 12.1 Å². The Kier molecular flexibility index (Phi) is 4.10. The minimum atomic E-state index is -0.284. The normalized spacial score (nSPS) is 16.1. The van der Waals surface area contributed by atoms with Crippen molar-refractivity contribution in [2.24, 2.45) is 5.73 Å². The molecule has 1 saturated carbocycles. The molecule has 118 valence electrons. The van der Waals surface area contributed by atoms with Crippen LogP contribution in [0.15, 0.2) is 18.2 Å². The Balaban J connectivity index is 2.18. The third-order valence-corrected chi connectivity index (χ3v) is 4.88. The number of ether oxygens (including phenoxy) is 1. The van der Waals surface area contributed by atoms with Crippen LogP contribution in [0.5, 0.6) is 5.75 Å². The molecule has 0 bridgehead atoms. The molecule has 4 nitrogen and oxygen atoms in total. The molecular formula is C18H24N2O2. The minimum absolute atomic E-state index is 0.284. The monoisotopic (exact) mass is 300 g/mol. The van der Waals surface area contributed by atoms with Gasteiger partial charge in [-0.1, -0.05) is 19.3 Å². The number of hydrogen-bond acceptors (Lipinski definition) is 2. The summed E-state index contributed by atoms with van der Waals surface area (Å²) >= 11 is 0. The summed E-state index contributed by atoms with van der Waals surface area (Å²) in [6, 6.07) is 6.67. The molecular weight excluding hydrogens is 276 g/mol. The highest BCUT2D eigenvalue weighted by Gasteiger charge is 2.23. The van der Waals surface area contributed by atoms with Crippen molar-refractivity contribution in [1.29, 1.82) is 0 Å². The van der Waals surface area contributed by atoms with E-state index >= 15 is 0 Å². The minimum Gasteiger partial charge on any atom is -0.497 e. The van der Waals surface area contributed by atoms with Crippen molar-refractivity contribution in [2.75, 3.05) is 7.11 Å². The molecule has 0 atom stereocenters. The van der Waals surface area contributed by atoms with E-state index in [4.69, 9.17) is 10.5 Å². The molecule has 4 heteroatoms. The number of nitrogens with two attached hydrogens (primary N) is 1. The van der Waals surface area contributed by atoms with Crippen LogP contribution in [0.25, 0.3) is 10.9 Å². The van der Waals surface area contributed by atoms with Crippen LogP contribution in [0.2, 0.25) is 0 Å². The smallest absolute Gasteiger partial charge is 0.221 e. The Hall–Kier alpha value is -1.97. The first-order valence-corrected chi connectivity index (χ1v) is 8.07. The van der Waals surface area contributed by atoms with Gasteiger partial charge in [-0.25, -0.2) is 0 Å². The van der Waals surface area contributed by atoms with Crippen molar-refractivity contribution in [3.8, 4) is 5.75 Å². The SMILES string of the molecule is COc1ccc2c(c1)c(CC(N)=O)c(C)n2C1CCCCC1. The maximum Gasteiger partial charge on any atom is 0.221 e. The average Bonchev–Trinajstić information content (AvgIpc) is 2.79. The summed E-state index contributed by atoms with van der Waals surface area (Å²) in [4.78, 5) is 11.5. The highest BCUT2D eigenvalue weighted by molar-refractivity contribution is 5.91. The number of hydrogen-bond donors (Lipinski definition) is 1. The molecule has 1 amide bonds. The van der Waals surface area contributed by atoms with E-state index in [0.29, 0.717) is 6.04 Å². The van der Waals surface area contributed by atoms with Gasteiger partial charge >= 0.3 is 0 Å². The molecule has 1 aromatic carbocycles. The first-order chi connectivity index (χ1) is 10.6. The van der Waals surface area contributed by atoms with Gasteiger partial charge in [0.05, 0.1) is 13.5 Å². The number of carbonyl (C=O) groups is 1. The highest BCUT2D eigenvalue weighted by Crippen LogP contribution is 2.37. The van der Waals surface area contributed by atoms with Crippen LogP contribution in [0, 0.1) is 6.92 Å². The molecule has 2 N–H and O–H groups in total. The van der Waals surface area contributed by atoms with Crippen LogP contribution in [0.4, 0.5) is 0 Å². The number of rotatable bonds is 4. The van der Waals surface area contributed by atoms with E-state index in [9.17, 15) is 4.79 Å². The summed E-state index contributed by atoms with van der Waals surface area (Å²) in [6.45, 7) is 2.11. The van der Waals surface area contributed by atoms with Gasteiger partial charge in [0, 0.05) is 22.6 Å². The van der Waals surface area contributed by atoms with E-state index in [-0.39, 0.29) is 12.3 Å². The summed E-state index contributed by atoms with van der Waals surface area (Å²) in [5, 5.41) is 1.10. The van der Waals surface area contributed by atoms with E-state index in [1.165, 1.54) is 43.3 Å². The van der Waals surface area contributed by atoms with Crippen molar-refractivity contribution in [3.63, 3.8) is 0 Å². The van der Waals surface area contributed by atoms with Gasteiger partial charge < -0.3 is 15.0 Å². The van der Waals surface area contributed by atoms with Gasteiger partial charge in [0.1, 0.15) is 5.75 Å². The summed E-state index contributed by atoms with van der Waals surface area (Å²) < 4.78 is 7.77. The third kappa shape index (κ3) is 2.58. The topological polar surface area (TPSA) is 57.2 Å². The van der Waals surface area contributed by atoms with Crippen molar-refractivity contribution < 1.29 is 9.53 Å². The molecule has 0 spiro atoms. The predicted octanol–water partition coefficient (Wildman–Crippen LogP) is 3.49. The van der Waals surface area contributed by atoms with Crippen LogP contribution in [-0.4, -0.2) is 17.6 Å². The van der Waals surface area contributed by atoms with Gasteiger partial charge in [-0.3, -0.25) is 4.79 Å². The van der Waals surface area contributed by atoms with Crippen molar-refractivity contribution in [3.05, 3.63) is 29.5 Å². The summed E-state index contributed by atoms with van der Waals surface area (Å²) in [5.41, 5.74) is 8.88. The first kappa shape index (κ1) is 14.9. The van der Waals surface area contributed by atoms with Crippen LogP contribution in [0.3, 0.4) is 0 Å². The lowest BCUT2D eigenvalue weighted by Crippen LogP contribution is -2.16. The van der Waals surface area contributed by atoms with Gasteiger partial charge in [0.25, 0.3) is 0 Å². The molecule has 1 heterocycles. The molecule has 1 aliphatic carbocycles. The lowest BCUT2D eigenvalue weighted by molar-refractivity contribution is -0.117. The van der Waals surface area contributed by atoms with Gasteiger partial charge in [0.2, 0.25) is 5.91 Å². The van der Waals surface area contributed by atoms with Gasteiger partial charge in [0.15, 0.2) is 0 Å². The molecule has 1 aliphatic rings. The van der Waals surface area contributed by atoms with Crippen molar-refractivity contribution in [1.82, 2.24) is 4.57 Å². The van der Waals surface area contributed by atoms with E-state index < -0.39 is 0 Å². The molecule has 1 aromatic heterocycles. The highest BCUT2D eigenvalue weighted by atomic mass is 16.5. The molecule has 0 aliphatic heterocycles. The van der Waals surface area contributed by atoms with E-state index in [2.05, 4.69) is 17.6 Å². The van der Waals surface area contributed by atoms with Crippen molar-refractivity contribution in [2.45, 2.75) is 51.5 Å². The van der Waals surface area contributed by atoms with Crippen molar-refractivity contribution >= 4 is 16.8 Å². The second kappa shape index (κ2) is 6.03. The number of methoxy groups -OCH3 is 1. The number of nitrogens with zero attached hydrogens (tertiary/aromatic N) is 1. The van der Waals surface area contributed by atoms with E-state index in [0.717, 1.165) is 16.7 Å².